The van der Waals surface area contributed by atoms with E-state index in [0.29, 0.717) is 28.0 Å². The number of ether oxygens (including phenoxy) is 2. The Bertz CT molecular complexity index is 1140. The number of rotatable bonds is 10. The molecule has 174 valence electrons. The van der Waals surface area contributed by atoms with Crippen molar-refractivity contribution in [2.45, 2.75) is 43.5 Å². The van der Waals surface area contributed by atoms with Crippen molar-refractivity contribution in [3.8, 4) is 11.5 Å². The van der Waals surface area contributed by atoms with Gasteiger partial charge in [0.05, 0.1) is 12.6 Å². The molecule has 8 nitrogen and oxygen atoms in total. The highest BCUT2D eigenvalue weighted by Crippen LogP contribution is 2.38. The fraction of sp³-hybridized carbons (Fsp3) is 0.333. The Hall–Kier alpha value is -3.20. The first kappa shape index (κ1) is 24.4. The van der Waals surface area contributed by atoms with E-state index in [9.17, 15) is 14.7 Å². The number of carbonyl (C=O) groups excluding carboxylic acids is 1. The highest BCUT2D eigenvalue weighted by Gasteiger charge is 2.42. The molecule has 3 aromatic rings. The Morgan fingerprint density at radius 1 is 1.18 bits per heavy atom. The second kappa shape index (κ2) is 10.6. The molecule has 0 aliphatic rings. The standard InChI is InChI=1S/C24H26BrN3O5/c1-4-8-17(25)13-24(23(30)31,16-9-6-5-7-10-16)28-22-18-11-21(33-15(2)29)20(32-3)12-19(18)26-14-27-22/h5-7,9-12,14,17H,4,8,13H2,1-3H3,(H,30,31)(H,26,27,28). The van der Waals surface area contributed by atoms with Gasteiger partial charge in [0, 0.05) is 23.2 Å². The van der Waals surface area contributed by atoms with Crippen LogP contribution in [0.3, 0.4) is 0 Å². The summed E-state index contributed by atoms with van der Waals surface area (Å²) in [6.45, 7) is 3.34. The molecule has 3 rings (SSSR count). The number of hydrogen-bond donors (Lipinski definition) is 2. The van der Waals surface area contributed by atoms with E-state index in [0.717, 1.165) is 12.8 Å². The Kier molecular flexibility index (Phi) is 7.86. The molecule has 33 heavy (non-hydrogen) atoms. The van der Waals surface area contributed by atoms with E-state index >= 15 is 0 Å². The molecule has 0 bridgehead atoms. The minimum absolute atomic E-state index is 0.0453. The van der Waals surface area contributed by atoms with Crippen LogP contribution in [0.15, 0.2) is 48.8 Å². The molecule has 0 fully saturated rings. The van der Waals surface area contributed by atoms with Crippen LogP contribution in [0.2, 0.25) is 0 Å². The number of nitrogens with one attached hydrogen (secondary N) is 1. The van der Waals surface area contributed by atoms with Gasteiger partial charge in [-0.1, -0.05) is 59.6 Å². The monoisotopic (exact) mass is 515 g/mol. The highest BCUT2D eigenvalue weighted by molar-refractivity contribution is 9.09. The van der Waals surface area contributed by atoms with Crippen molar-refractivity contribution in [2.24, 2.45) is 0 Å². The van der Waals surface area contributed by atoms with Gasteiger partial charge in [0.1, 0.15) is 12.1 Å². The maximum Gasteiger partial charge on any atom is 0.334 e. The van der Waals surface area contributed by atoms with Gasteiger partial charge >= 0.3 is 11.9 Å². The zero-order chi connectivity index (χ0) is 24.0. The summed E-state index contributed by atoms with van der Waals surface area (Å²) < 4.78 is 10.6. The lowest BCUT2D eigenvalue weighted by molar-refractivity contribution is -0.143. The van der Waals surface area contributed by atoms with Gasteiger partial charge in [0.2, 0.25) is 0 Å². The number of esters is 1. The summed E-state index contributed by atoms with van der Waals surface area (Å²) in [4.78, 5) is 33.0. The smallest absolute Gasteiger partial charge is 0.334 e. The van der Waals surface area contributed by atoms with Gasteiger partial charge in [-0.15, -0.1) is 0 Å². The topological polar surface area (TPSA) is 111 Å². The summed E-state index contributed by atoms with van der Waals surface area (Å²) >= 11 is 3.65. The first-order valence-electron chi connectivity index (χ1n) is 10.5. The number of benzene rings is 2. The quantitative estimate of drug-likeness (QED) is 0.222. The molecule has 0 saturated heterocycles. The van der Waals surface area contributed by atoms with Gasteiger partial charge in [-0.2, -0.15) is 0 Å². The number of halogens is 1. The molecule has 0 amide bonds. The average Bonchev–Trinajstić information content (AvgIpc) is 2.78. The summed E-state index contributed by atoms with van der Waals surface area (Å²) in [7, 11) is 1.46. The fourth-order valence-electron chi connectivity index (χ4n) is 3.74. The van der Waals surface area contributed by atoms with Crippen molar-refractivity contribution >= 4 is 44.6 Å². The summed E-state index contributed by atoms with van der Waals surface area (Å²) in [5.74, 6) is -0.711. The number of fused-ring (bicyclic) bond motifs is 1. The Balaban J connectivity index is 2.18. The van der Waals surface area contributed by atoms with E-state index in [1.807, 2.05) is 6.07 Å². The van der Waals surface area contributed by atoms with Crippen LogP contribution < -0.4 is 14.8 Å². The van der Waals surface area contributed by atoms with Gasteiger partial charge in [-0.25, -0.2) is 14.8 Å². The third-order valence-corrected chi connectivity index (χ3v) is 6.05. The van der Waals surface area contributed by atoms with Crippen molar-refractivity contribution in [1.82, 2.24) is 9.97 Å². The third kappa shape index (κ3) is 5.42. The van der Waals surface area contributed by atoms with Crippen LogP contribution in [-0.2, 0) is 15.1 Å². The lowest BCUT2D eigenvalue weighted by Gasteiger charge is -2.34. The minimum Gasteiger partial charge on any atom is -0.493 e. The van der Waals surface area contributed by atoms with E-state index in [1.165, 1.54) is 20.4 Å². The molecule has 2 unspecified atom stereocenters. The molecule has 1 aromatic heterocycles. The van der Waals surface area contributed by atoms with Crippen LogP contribution in [0.4, 0.5) is 5.82 Å². The number of anilines is 1. The van der Waals surface area contributed by atoms with Gasteiger partial charge in [0.25, 0.3) is 0 Å². The number of carboxylic acids is 1. The van der Waals surface area contributed by atoms with Crippen molar-refractivity contribution in [1.29, 1.82) is 0 Å². The molecule has 0 saturated carbocycles. The van der Waals surface area contributed by atoms with E-state index in [-0.39, 0.29) is 17.0 Å². The van der Waals surface area contributed by atoms with E-state index < -0.39 is 17.5 Å². The average molecular weight is 516 g/mol. The van der Waals surface area contributed by atoms with Crippen molar-refractivity contribution in [3.05, 3.63) is 54.4 Å². The lowest BCUT2D eigenvalue weighted by Crippen LogP contribution is -2.45. The molecule has 2 atom stereocenters. The van der Waals surface area contributed by atoms with Crippen LogP contribution in [0.1, 0.15) is 38.7 Å². The predicted molar refractivity (Wildman–Crippen MR) is 129 cm³/mol. The molecule has 9 heteroatoms. The van der Waals surface area contributed by atoms with E-state index in [1.54, 1.807) is 36.4 Å². The number of nitrogens with zero attached hydrogens (tertiary/aromatic N) is 2. The Morgan fingerprint density at radius 2 is 1.91 bits per heavy atom. The summed E-state index contributed by atoms with van der Waals surface area (Å²) in [5.41, 5.74) is -0.358. The molecule has 0 aliphatic heterocycles. The summed E-state index contributed by atoms with van der Waals surface area (Å²) in [6.07, 6.45) is 3.34. The highest BCUT2D eigenvalue weighted by atomic mass is 79.9. The van der Waals surface area contributed by atoms with Crippen molar-refractivity contribution < 1.29 is 24.2 Å². The van der Waals surface area contributed by atoms with Crippen molar-refractivity contribution in [2.75, 3.05) is 12.4 Å². The van der Waals surface area contributed by atoms with Crippen molar-refractivity contribution in [3.63, 3.8) is 0 Å². The Morgan fingerprint density at radius 3 is 2.52 bits per heavy atom. The number of aliphatic carboxylic acids is 1. The number of aromatic nitrogens is 2. The maximum absolute atomic E-state index is 12.8. The molecule has 0 radical (unpaired) electrons. The molecular weight excluding hydrogens is 490 g/mol. The first-order chi connectivity index (χ1) is 15.8. The molecular formula is C24H26BrN3O5. The zero-order valence-electron chi connectivity index (χ0n) is 18.7. The van der Waals surface area contributed by atoms with E-state index in [2.05, 4.69) is 38.1 Å². The first-order valence-corrected chi connectivity index (χ1v) is 11.4. The second-order valence-corrected chi connectivity index (χ2v) is 8.92. The van der Waals surface area contributed by atoms with Gasteiger partial charge in [0.15, 0.2) is 17.0 Å². The maximum atomic E-state index is 12.8. The fourth-order valence-corrected chi connectivity index (χ4v) is 4.68. The predicted octanol–water partition coefficient (Wildman–Crippen LogP) is 4.91. The molecule has 2 N–H and O–H groups in total. The second-order valence-electron chi connectivity index (χ2n) is 7.63. The van der Waals surface area contributed by atoms with Crippen LogP contribution in [0.5, 0.6) is 11.5 Å². The normalized spacial score (nSPS) is 13.7. The van der Waals surface area contributed by atoms with Crippen LogP contribution >= 0.6 is 15.9 Å². The lowest BCUT2D eigenvalue weighted by atomic mass is 9.84. The van der Waals surface area contributed by atoms with Crippen LogP contribution in [-0.4, -0.2) is 39.0 Å². The number of carboxylic acid groups (broad SMARTS) is 1. The molecule has 0 aliphatic carbocycles. The van der Waals surface area contributed by atoms with E-state index in [4.69, 9.17) is 9.47 Å². The zero-order valence-corrected chi connectivity index (χ0v) is 20.3. The van der Waals surface area contributed by atoms with Gasteiger partial charge < -0.3 is 19.9 Å². The van der Waals surface area contributed by atoms with Crippen LogP contribution in [0.25, 0.3) is 10.9 Å². The number of alkyl halides is 1. The Labute approximate surface area is 200 Å². The SMILES string of the molecule is CCCC(Br)CC(Nc1ncnc2cc(OC)c(OC(C)=O)cc12)(C(=O)O)c1ccccc1. The van der Waals surface area contributed by atoms with Gasteiger partial charge in [-0.05, 0) is 24.5 Å². The number of methoxy groups -OCH3 is 1. The summed E-state index contributed by atoms with van der Waals surface area (Å²) in [6, 6.07) is 12.2. The third-order valence-electron chi connectivity index (χ3n) is 5.27. The minimum atomic E-state index is -1.46. The molecule has 0 spiro atoms. The number of carbonyl (C=O) groups is 2. The molecule has 2 aromatic carbocycles. The van der Waals surface area contributed by atoms with Crippen LogP contribution in [0, 0.1) is 0 Å². The number of hydrogen-bond acceptors (Lipinski definition) is 7. The largest absolute Gasteiger partial charge is 0.493 e. The summed E-state index contributed by atoms with van der Waals surface area (Å²) in [5, 5.41) is 14.2. The molecule has 1 heterocycles. The van der Waals surface area contributed by atoms with Gasteiger partial charge in [-0.3, -0.25) is 4.79 Å².